The molecule has 228 valence electrons. The summed E-state index contributed by atoms with van der Waals surface area (Å²) in [5, 5.41) is 4.34. The van der Waals surface area contributed by atoms with Crippen LogP contribution in [0.15, 0.2) is 89.4 Å². The van der Waals surface area contributed by atoms with Gasteiger partial charge in [0, 0.05) is 5.56 Å². The first-order valence-electron chi connectivity index (χ1n) is 15.6. The Kier molecular flexibility index (Phi) is 13.4. The minimum atomic E-state index is -0.557. The second-order valence-electron chi connectivity index (χ2n) is 11.0. The SMILES string of the molecule is COc1c(Br)c(C)c(CCCCCCCCCCc2ccccc2P(c2ccccc2)c2ccccc2)c(OC)c1OC. The van der Waals surface area contributed by atoms with Gasteiger partial charge in [0.25, 0.3) is 0 Å². The van der Waals surface area contributed by atoms with Gasteiger partial charge in [-0.25, -0.2) is 0 Å². The fourth-order valence-electron chi connectivity index (χ4n) is 5.90. The van der Waals surface area contributed by atoms with Gasteiger partial charge >= 0.3 is 0 Å². The van der Waals surface area contributed by atoms with Crippen LogP contribution in [0.25, 0.3) is 0 Å². The van der Waals surface area contributed by atoms with E-state index >= 15 is 0 Å². The second-order valence-corrected chi connectivity index (χ2v) is 14.0. The van der Waals surface area contributed by atoms with E-state index in [0.29, 0.717) is 11.5 Å². The highest BCUT2D eigenvalue weighted by Gasteiger charge is 2.23. The van der Waals surface area contributed by atoms with Crippen molar-refractivity contribution >= 4 is 39.8 Å². The number of methoxy groups -OCH3 is 3. The van der Waals surface area contributed by atoms with E-state index in [1.807, 2.05) is 0 Å². The molecule has 0 radical (unpaired) electrons. The van der Waals surface area contributed by atoms with Crippen LogP contribution in [0.4, 0.5) is 0 Å². The van der Waals surface area contributed by atoms with Gasteiger partial charge in [-0.05, 0) is 83.5 Å². The smallest absolute Gasteiger partial charge is 0.204 e. The van der Waals surface area contributed by atoms with Crippen molar-refractivity contribution in [3.05, 3.63) is 106 Å². The summed E-state index contributed by atoms with van der Waals surface area (Å²) in [7, 11) is 4.48. The molecular formula is C38H46BrO3P. The largest absolute Gasteiger partial charge is 0.492 e. The van der Waals surface area contributed by atoms with Crippen molar-refractivity contribution in [1.82, 2.24) is 0 Å². The van der Waals surface area contributed by atoms with E-state index in [4.69, 9.17) is 14.2 Å². The van der Waals surface area contributed by atoms with Crippen LogP contribution in [0.5, 0.6) is 17.2 Å². The third kappa shape index (κ3) is 8.64. The molecule has 0 aliphatic heterocycles. The third-order valence-corrected chi connectivity index (χ3v) is 11.7. The molecule has 4 aromatic rings. The molecule has 43 heavy (non-hydrogen) atoms. The first kappa shape index (κ1) is 33.1. The highest BCUT2D eigenvalue weighted by molar-refractivity contribution is 9.10. The Morgan fingerprint density at radius 3 is 1.53 bits per heavy atom. The zero-order chi connectivity index (χ0) is 30.4. The third-order valence-electron chi connectivity index (χ3n) is 8.16. The van der Waals surface area contributed by atoms with Gasteiger partial charge in [-0.1, -0.05) is 123 Å². The summed E-state index contributed by atoms with van der Waals surface area (Å²) >= 11 is 3.70. The average Bonchev–Trinajstić information content (AvgIpc) is 3.05. The highest BCUT2D eigenvalue weighted by atomic mass is 79.9. The van der Waals surface area contributed by atoms with Crippen LogP contribution >= 0.6 is 23.9 Å². The van der Waals surface area contributed by atoms with E-state index in [0.717, 1.165) is 35.0 Å². The van der Waals surface area contributed by atoms with Gasteiger partial charge in [0.15, 0.2) is 11.5 Å². The van der Waals surface area contributed by atoms with Crippen molar-refractivity contribution < 1.29 is 14.2 Å². The molecule has 0 spiro atoms. The Labute approximate surface area is 268 Å². The Bertz CT molecular complexity index is 1370. The minimum Gasteiger partial charge on any atom is -0.492 e. The summed E-state index contributed by atoms with van der Waals surface area (Å²) in [5.74, 6) is 2.15. The maximum atomic E-state index is 5.75. The van der Waals surface area contributed by atoms with Gasteiger partial charge in [-0.15, -0.1) is 0 Å². The predicted molar refractivity (Wildman–Crippen MR) is 188 cm³/mol. The monoisotopic (exact) mass is 660 g/mol. The van der Waals surface area contributed by atoms with Crippen molar-refractivity contribution in [1.29, 1.82) is 0 Å². The van der Waals surface area contributed by atoms with Crippen LogP contribution in [0.1, 0.15) is 68.1 Å². The van der Waals surface area contributed by atoms with Crippen molar-refractivity contribution in [3.8, 4) is 17.2 Å². The molecule has 0 amide bonds. The molecule has 0 aliphatic rings. The summed E-state index contributed by atoms with van der Waals surface area (Å²) in [5.41, 5.74) is 3.88. The van der Waals surface area contributed by atoms with E-state index < -0.39 is 7.92 Å². The van der Waals surface area contributed by atoms with Crippen LogP contribution in [0.3, 0.4) is 0 Å². The molecule has 5 heteroatoms. The number of benzene rings is 4. The molecule has 4 rings (SSSR count). The first-order valence-corrected chi connectivity index (χ1v) is 17.7. The van der Waals surface area contributed by atoms with Crippen LogP contribution in [-0.4, -0.2) is 21.3 Å². The number of ether oxygens (including phenoxy) is 3. The van der Waals surface area contributed by atoms with Gasteiger partial charge in [-0.2, -0.15) is 0 Å². The lowest BCUT2D eigenvalue weighted by molar-refractivity contribution is 0.320. The van der Waals surface area contributed by atoms with Gasteiger partial charge in [-0.3, -0.25) is 0 Å². The zero-order valence-corrected chi connectivity index (χ0v) is 28.7. The number of halogens is 1. The molecule has 0 aliphatic carbocycles. The molecule has 0 saturated heterocycles. The summed E-state index contributed by atoms with van der Waals surface area (Å²) in [4.78, 5) is 0. The summed E-state index contributed by atoms with van der Waals surface area (Å²) in [6, 6.07) is 31.2. The molecule has 0 aromatic heterocycles. The molecule has 0 unspecified atom stereocenters. The molecular weight excluding hydrogens is 615 g/mol. The molecule has 0 bridgehead atoms. The quantitative estimate of drug-likeness (QED) is 0.0834. The number of rotatable bonds is 17. The predicted octanol–water partition coefficient (Wildman–Crippen LogP) is 9.45. The zero-order valence-electron chi connectivity index (χ0n) is 26.2. The molecule has 0 saturated carbocycles. The number of aryl methyl sites for hydroxylation is 1. The Morgan fingerprint density at radius 2 is 1.00 bits per heavy atom. The Hall–Kier alpha value is -2.81. The van der Waals surface area contributed by atoms with E-state index in [1.165, 1.54) is 72.0 Å². The fourth-order valence-corrected chi connectivity index (χ4v) is 8.98. The van der Waals surface area contributed by atoms with Crippen LogP contribution in [0, 0.1) is 6.92 Å². The molecule has 0 atom stereocenters. The van der Waals surface area contributed by atoms with E-state index in [-0.39, 0.29) is 0 Å². The van der Waals surface area contributed by atoms with E-state index in [1.54, 1.807) is 21.3 Å². The van der Waals surface area contributed by atoms with Crippen LogP contribution in [-0.2, 0) is 12.8 Å². The van der Waals surface area contributed by atoms with Crippen LogP contribution in [0.2, 0.25) is 0 Å². The Morgan fingerprint density at radius 1 is 0.535 bits per heavy atom. The van der Waals surface area contributed by atoms with Crippen molar-refractivity contribution in [2.45, 2.75) is 71.1 Å². The summed E-state index contributed by atoms with van der Waals surface area (Å²) in [6.07, 6.45) is 12.2. The first-order chi connectivity index (χ1) is 21.1. The molecule has 0 fully saturated rings. The number of hydrogen-bond donors (Lipinski definition) is 0. The lowest BCUT2D eigenvalue weighted by Gasteiger charge is -2.22. The molecule has 0 heterocycles. The summed E-state index contributed by atoms with van der Waals surface area (Å²) < 4.78 is 17.9. The summed E-state index contributed by atoms with van der Waals surface area (Å²) in [6.45, 7) is 2.12. The number of unbranched alkanes of at least 4 members (excludes halogenated alkanes) is 7. The normalized spacial score (nSPS) is 11.1. The molecule has 4 aromatic carbocycles. The molecule has 3 nitrogen and oxygen atoms in total. The maximum absolute atomic E-state index is 5.75. The van der Waals surface area contributed by atoms with Crippen molar-refractivity contribution in [2.24, 2.45) is 0 Å². The maximum Gasteiger partial charge on any atom is 0.204 e. The van der Waals surface area contributed by atoms with Crippen molar-refractivity contribution in [2.75, 3.05) is 21.3 Å². The van der Waals surface area contributed by atoms with Crippen LogP contribution < -0.4 is 30.1 Å². The van der Waals surface area contributed by atoms with Gasteiger partial charge in [0.1, 0.15) is 0 Å². The lowest BCUT2D eigenvalue weighted by Crippen LogP contribution is -2.23. The topological polar surface area (TPSA) is 27.7 Å². The lowest BCUT2D eigenvalue weighted by atomic mass is 9.98. The minimum absolute atomic E-state index is 0.557. The van der Waals surface area contributed by atoms with Gasteiger partial charge < -0.3 is 14.2 Å². The fraction of sp³-hybridized carbons (Fsp3) is 0.368. The second kappa shape index (κ2) is 17.5. The number of hydrogen-bond acceptors (Lipinski definition) is 3. The van der Waals surface area contributed by atoms with E-state index in [2.05, 4.69) is 108 Å². The standard InChI is InChI=1S/C38H46BrO3P/c1-29-33(36(40-2)38(42-4)37(41-3)35(29)39)27-18-10-8-6-5-7-9-13-21-30-22-19-20-28-34(30)43(31-23-14-11-15-24-31)32-25-16-12-17-26-32/h11-12,14-17,19-20,22-26,28H,5-10,13,18,21,27H2,1-4H3. The van der Waals surface area contributed by atoms with Gasteiger partial charge in [0.05, 0.1) is 25.8 Å². The van der Waals surface area contributed by atoms with Crippen molar-refractivity contribution in [3.63, 3.8) is 0 Å². The highest BCUT2D eigenvalue weighted by Crippen LogP contribution is 2.48. The average molecular weight is 662 g/mol. The van der Waals surface area contributed by atoms with E-state index in [9.17, 15) is 0 Å². The Balaban J connectivity index is 1.23. The van der Waals surface area contributed by atoms with Gasteiger partial charge in [0.2, 0.25) is 5.75 Å². The molecule has 0 N–H and O–H groups in total.